The molecule has 0 spiro atoms. The Balaban J connectivity index is 4.47. The predicted molar refractivity (Wildman–Crippen MR) is 297 cm³/mol. The number of rotatable bonds is 51. The number of allylic oxidation sites excluding steroid dienone is 16. The van der Waals surface area contributed by atoms with E-state index < -0.39 is 6.10 Å². The molecule has 0 saturated carbocycles. The van der Waals surface area contributed by atoms with Crippen molar-refractivity contribution in [1.29, 1.82) is 0 Å². The molecule has 0 heterocycles. The van der Waals surface area contributed by atoms with Gasteiger partial charge in [0.1, 0.15) is 13.2 Å². The Bertz CT molecular complexity index is 1380. The number of ether oxygens (including phenoxy) is 3. The minimum absolute atomic E-state index is 0.0939. The van der Waals surface area contributed by atoms with E-state index in [1.54, 1.807) is 0 Å². The molecule has 1 atom stereocenters. The van der Waals surface area contributed by atoms with E-state index in [2.05, 4.69) is 57.2 Å². The number of unbranched alkanes of at least 4 members (excludes halogenated alkanes) is 29. The van der Waals surface area contributed by atoms with Crippen LogP contribution in [-0.2, 0) is 28.6 Å². The van der Waals surface area contributed by atoms with Crippen LogP contribution < -0.4 is 0 Å². The zero-order valence-electron chi connectivity index (χ0n) is 45.0. The van der Waals surface area contributed by atoms with Gasteiger partial charge < -0.3 is 14.2 Å². The van der Waals surface area contributed by atoms with Crippen molar-refractivity contribution in [2.45, 2.75) is 271 Å². The third-order valence-corrected chi connectivity index (χ3v) is 12.2. The zero-order valence-corrected chi connectivity index (χ0v) is 45.0. The normalized spacial score (nSPS) is 12.8. The molecule has 0 aromatic heterocycles. The van der Waals surface area contributed by atoms with Crippen LogP contribution in [-0.4, -0.2) is 37.2 Å². The molecule has 6 nitrogen and oxygen atoms in total. The van der Waals surface area contributed by atoms with E-state index in [-0.39, 0.29) is 31.1 Å². The fourth-order valence-electron chi connectivity index (χ4n) is 7.92. The molecule has 394 valence electrons. The van der Waals surface area contributed by atoms with E-state index in [1.165, 1.54) is 141 Å². The van der Waals surface area contributed by atoms with Crippen LogP contribution in [0.2, 0.25) is 0 Å². The van der Waals surface area contributed by atoms with Crippen LogP contribution >= 0.6 is 0 Å². The van der Waals surface area contributed by atoms with Crippen molar-refractivity contribution in [3.05, 3.63) is 97.2 Å². The van der Waals surface area contributed by atoms with Gasteiger partial charge in [-0.05, 0) is 70.6 Å². The van der Waals surface area contributed by atoms with Crippen LogP contribution in [0.4, 0.5) is 0 Å². The molecule has 0 aromatic rings. The van der Waals surface area contributed by atoms with Crippen molar-refractivity contribution >= 4 is 17.9 Å². The van der Waals surface area contributed by atoms with Crippen LogP contribution in [0.15, 0.2) is 97.2 Å². The van der Waals surface area contributed by atoms with Crippen molar-refractivity contribution in [2.75, 3.05) is 13.2 Å². The van der Waals surface area contributed by atoms with Gasteiger partial charge in [-0.2, -0.15) is 0 Å². The number of hydrogen-bond acceptors (Lipinski definition) is 6. The summed E-state index contributed by atoms with van der Waals surface area (Å²) in [6.07, 6.45) is 75.3. The summed E-state index contributed by atoms with van der Waals surface area (Å²) in [5.74, 6) is -0.941. The fourth-order valence-corrected chi connectivity index (χ4v) is 7.92. The van der Waals surface area contributed by atoms with Crippen molar-refractivity contribution in [1.82, 2.24) is 0 Å². The van der Waals surface area contributed by atoms with E-state index in [9.17, 15) is 14.4 Å². The molecule has 0 aliphatic carbocycles. The smallest absolute Gasteiger partial charge is 0.306 e. The second-order valence-corrected chi connectivity index (χ2v) is 19.0. The van der Waals surface area contributed by atoms with Gasteiger partial charge in [0, 0.05) is 19.3 Å². The summed E-state index contributed by atoms with van der Waals surface area (Å²) >= 11 is 0. The highest BCUT2D eigenvalue weighted by atomic mass is 16.6. The summed E-state index contributed by atoms with van der Waals surface area (Å²) < 4.78 is 16.8. The standard InChI is InChI=1S/C63H106O6/c1-4-7-10-13-16-19-22-25-28-31-34-37-40-43-46-49-52-55-61(64)67-58-60(69-63(66)57-54-51-48-45-42-39-36-33-30-27-24-21-18-15-12-9-6-3)59-68-62(65)56-53-50-47-44-41-38-35-32-29-26-23-20-17-14-11-8-5-2/h7,10,13,16,18-19,21-22,25,27-28,30-31,34,37,40,60H,4-6,8-9,11-12,14-15,17,20,23-24,26,29,32-33,35-36,38-39,41-59H2,1-3H3/b10-7-,16-13-,21-18-,22-19-,28-25-,30-27-,34-31+,40-37-. The fraction of sp³-hybridized carbons (Fsp3) is 0.698. The van der Waals surface area contributed by atoms with Gasteiger partial charge in [-0.3, -0.25) is 14.4 Å². The second-order valence-electron chi connectivity index (χ2n) is 19.0. The number of hydrogen-bond donors (Lipinski definition) is 0. The lowest BCUT2D eigenvalue weighted by Gasteiger charge is -2.18. The van der Waals surface area contributed by atoms with Crippen LogP contribution in [0.5, 0.6) is 0 Å². The molecular formula is C63H106O6. The van der Waals surface area contributed by atoms with E-state index in [0.29, 0.717) is 19.3 Å². The van der Waals surface area contributed by atoms with Crippen LogP contribution in [0, 0.1) is 0 Å². The maximum absolute atomic E-state index is 12.9. The van der Waals surface area contributed by atoms with E-state index >= 15 is 0 Å². The zero-order chi connectivity index (χ0) is 50.0. The van der Waals surface area contributed by atoms with Crippen molar-refractivity contribution < 1.29 is 28.6 Å². The van der Waals surface area contributed by atoms with Gasteiger partial charge in [0.2, 0.25) is 0 Å². The molecule has 0 aromatic carbocycles. The molecular weight excluding hydrogens is 853 g/mol. The average Bonchev–Trinajstić information content (AvgIpc) is 3.35. The maximum atomic E-state index is 12.9. The molecule has 69 heavy (non-hydrogen) atoms. The SMILES string of the molecule is CC\C=C/C=C\C=C/C=C\C=C\C=C/CCCCCC(=O)OCC(COC(=O)CCCCCCCCCCCCCCCCCCC)OC(=O)CCCCCCCCC/C=C\C/C=C\CCCCC. The Morgan fingerprint density at radius 1 is 0.319 bits per heavy atom. The lowest BCUT2D eigenvalue weighted by atomic mass is 10.0. The lowest BCUT2D eigenvalue weighted by molar-refractivity contribution is -0.167. The van der Waals surface area contributed by atoms with Crippen molar-refractivity contribution in [2.24, 2.45) is 0 Å². The van der Waals surface area contributed by atoms with Gasteiger partial charge >= 0.3 is 17.9 Å². The van der Waals surface area contributed by atoms with Crippen molar-refractivity contribution in [3.8, 4) is 0 Å². The van der Waals surface area contributed by atoms with Gasteiger partial charge in [-0.15, -0.1) is 0 Å². The van der Waals surface area contributed by atoms with E-state index in [0.717, 1.165) is 83.5 Å². The second kappa shape index (κ2) is 56.9. The highest BCUT2D eigenvalue weighted by Gasteiger charge is 2.19. The van der Waals surface area contributed by atoms with Gasteiger partial charge in [-0.25, -0.2) is 0 Å². The molecule has 6 heteroatoms. The molecule has 0 aliphatic heterocycles. The predicted octanol–water partition coefficient (Wildman–Crippen LogP) is 19.3. The van der Waals surface area contributed by atoms with Gasteiger partial charge in [-0.1, -0.05) is 272 Å². The topological polar surface area (TPSA) is 78.9 Å². The largest absolute Gasteiger partial charge is 0.462 e. The Morgan fingerprint density at radius 3 is 1.04 bits per heavy atom. The third kappa shape index (κ3) is 55.1. The van der Waals surface area contributed by atoms with E-state index in [1.807, 2.05) is 60.8 Å². The van der Waals surface area contributed by atoms with Gasteiger partial charge in [0.05, 0.1) is 0 Å². The number of carbonyl (C=O) groups is 3. The highest BCUT2D eigenvalue weighted by Crippen LogP contribution is 2.16. The molecule has 0 amide bonds. The third-order valence-electron chi connectivity index (χ3n) is 12.2. The molecule has 0 rings (SSSR count). The Hall–Kier alpha value is -3.67. The summed E-state index contributed by atoms with van der Waals surface area (Å²) in [4.78, 5) is 38.2. The molecule has 0 fully saturated rings. The average molecular weight is 960 g/mol. The first-order valence-corrected chi connectivity index (χ1v) is 28.8. The molecule has 0 radical (unpaired) electrons. The Kier molecular flexibility index (Phi) is 53.9. The first-order chi connectivity index (χ1) is 34.0. The number of esters is 3. The number of carbonyl (C=O) groups excluding carboxylic acids is 3. The first kappa shape index (κ1) is 65.3. The molecule has 0 bridgehead atoms. The molecule has 0 saturated heterocycles. The minimum atomic E-state index is -0.800. The van der Waals surface area contributed by atoms with Crippen LogP contribution in [0.25, 0.3) is 0 Å². The maximum Gasteiger partial charge on any atom is 0.306 e. The van der Waals surface area contributed by atoms with Crippen LogP contribution in [0.3, 0.4) is 0 Å². The lowest BCUT2D eigenvalue weighted by Crippen LogP contribution is -2.30. The summed E-state index contributed by atoms with van der Waals surface area (Å²) in [6.45, 7) is 6.44. The summed E-state index contributed by atoms with van der Waals surface area (Å²) in [6, 6.07) is 0. The minimum Gasteiger partial charge on any atom is -0.462 e. The van der Waals surface area contributed by atoms with Gasteiger partial charge in [0.25, 0.3) is 0 Å². The molecule has 0 N–H and O–H groups in total. The van der Waals surface area contributed by atoms with Gasteiger partial charge in [0.15, 0.2) is 6.10 Å². The molecule has 0 aliphatic rings. The summed E-state index contributed by atoms with van der Waals surface area (Å²) in [5.41, 5.74) is 0. The van der Waals surface area contributed by atoms with Crippen LogP contribution in [0.1, 0.15) is 265 Å². The van der Waals surface area contributed by atoms with Crippen molar-refractivity contribution in [3.63, 3.8) is 0 Å². The highest BCUT2D eigenvalue weighted by molar-refractivity contribution is 5.71. The van der Waals surface area contributed by atoms with E-state index in [4.69, 9.17) is 14.2 Å². The summed E-state index contributed by atoms with van der Waals surface area (Å²) in [7, 11) is 0. The monoisotopic (exact) mass is 959 g/mol. The summed E-state index contributed by atoms with van der Waals surface area (Å²) in [5, 5.41) is 0. The first-order valence-electron chi connectivity index (χ1n) is 28.8. The quantitative estimate of drug-likeness (QED) is 0.0199. The Morgan fingerprint density at radius 2 is 0.623 bits per heavy atom. The Labute approximate surface area is 426 Å². The molecule has 1 unspecified atom stereocenters.